The summed E-state index contributed by atoms with van der Waals surface area (Å²) in [5.74, 6) is 2.86. The molecule has 0 bridgehead atoms. The van der Waals surface area contributed by atoms with Gasteiger partial charge in [-0.2, -0.15) is 0 Å². The highest BCUT2D eigenvalue weighted by molar-refractivity contribution is 7.02. The van der Waals surface area contributed by atoms with E-state index in [1.165, 1.54) is 0 Å². The average Bonchev–Trinajstić information content (AvgIpc) is 0.694. The number of hydrogen-bond acceptors (Lipinski definition) is 7. The van der Waals surface area contributed by atoms with Gasteiger partial charge in [-0.15, -0.1) is 0 Å². The van der Waals surface area contributed by atoms with Gasteiger partial charge in [0, 0.05) is 69.7 Å². The zero-order valence-electron chi connectivity index (χ0n) is 54.1. The van der Waals surface area contributed by atoms with E-state index in [1.54, 1.807) is 0 Å². The molecule has 0 atom stereocenters. The molecule has 6 heterocycles. The van der Waals surface area contributed by atoms with E-state index in [-0.39, 0.29) is 59.2 Å². The third-order valence-electron chi connectivity index (χ3n) is 18.5. The highest BCUT2D eigenvalue weighted by Crippen LogP contribution is 2.47. The number of ether oxygens (including phenoxy) is 5. The summed E-state index contributed by atoms with van der Waals surface area (Å²) in [6, 6.07) is 83.9. The van der Waals surface area contributed by atoms with Crippen molar-refractivity contribution in [2.75, 3.05) is 10.2 Å². The molecule has 90 heavy (non-hydrogen) atoms. The number of fused-ring (bicyclic) bond motifs is 12. The summed E-state index contributed by atoms with van der Waals surface area (Å²) in [6.07, 6.45) is 0. The van der Waals surface area contributed by atoms with Crippen LogP contribution in [0.2, 0.25) is 0 Å². The Hall–Kier alpha value is -11.3. The topological polar surface area (TPSA) is 61.4 Å². The summed E-state index contributed by atoms with van der Waals surface area (Å²) in [5, 5.41) is 3.78. The molecule has 0 radical (unpaired) electrons. The summed E-state index contributed by atoms with van der Waals surface area (Å²) < 4.78 is 98.0. The van der Waals surface area contributed by atoms with Crippen LogP contribution in [0.3, 0.4) is 0 Å². The predicted molar refractivity (Wildman–Crippen MR) is 365 cm³/mol. The molecule has 0 amide bonds. The van der Waals surface area contributed by atoms with Crippen LogP contribution in [-0.4, -0.2) is 20.1 Å². The maximum absolute atomic E-state index is 10.5. The molecule has 0 saturated carbocycles. The first-order chi connectivity index (χ1) is 47.2. The maximum Gasteiger partial charge on any atom is 0.260 e. The van der Waals surface area contributed by atoms with E-state index in [0.29, 0.717) is 79.1 Å². The second kappa shape index (κ2) is 20.1. The number of hydrogen-bond donors (Lipinski definition) is 1. The molecule has 0 aliphatic carbocycles. The van der Waals surface area contributed by atoms with Gasteiger partial charge >= 0.3 is 0 Å². The smallest absolute Gasteiger partial charge is 0.260 e. The van der Waals surface area contributed by atoms with Gasteiger partial charge in [-0.05, 0) is 132 Å². The number of nitrogens with zero attached hydrogens (tertiary/aromatic N) is 1. The molecule has 6 aliphatic heterocycles. The molecular formula is C80H51B3N2O5. The summed E-state index contributed by atoms with van der Waals surface area (Å²) in [4.78, 5) is 1.91. The van der Waals surface area contributed by atoms with E-state index in [1.807, 2.05) is 241 Å². The Morgan fingerprint density at radius 3 is 1.08 bits per heavy atom. The zero-order valence-corrected chi connectivity index (χ0v) is 48.1. The second-order valence-electron chi connectivity index (χ2n) is 23.6. The number of para-hydroxylation sites is 4. The molecule has 0 saturated heterocycles. The molecule has 10 heteroatoms. The molecule has 420 valence electrons. The van der Waals surface area contributed by atoms with E-state index < -0.39 is 32.0 Å². The van der Waals surface area contributed by atoms with Crippen molar-refractivity contribution in [2.45, 2.75) is 11.8 Å². The van der Waals surface area contributed by atoms with Crippen LogP contribution in [0.5, 0.6) is 57.5 Å². The molecule has 7 nitrogen and oxygen atoms in total. The van der Waals surface area contributed by atoms with Crippen LogP contribution in [0.1, 0.15) is 53.4 Å². The molecule has 0 unspecified atom stereocenters. The van der Waals surface area contributed by atoms with Crippen molar-refractivity contribution in [3.05, 3.63) is 324 Å². The molecule has 1 N–H and O–H groups in total. The van der Waals surface area contributed by atoms with E-state index in [0.717, 1.165) is 66.4 Å². The predicted octanol–water partition coefficient (Wildman–Crippen LogP) is 13.7. The fourth-order valence-electron chi connectivity index (χ4n) is 14.7. The quantitative estimate of drug-likeness (QED) is 0.114. The Labute approximate surface area is 531 Å². The van der Waals surface area contributed by atoms with Gasteiger partial charge in [0.25, 0.3) is 20.1 Å². The van der Waals surface area contributed by atoms with Crippen molar-refractivity contribution < 1.29 is 31.9 Å². The third-order valence-corrected chi connectivity index (χ3v) is 18.5. The molecule has 6 aliphatic rings. The minimum Gasteiger partial charge on any atom is -0.458 e. The van der Waals surface area contributed by atoms with E-state index in [4.69, 9.17) is 23.7 Å². The number of benzene rings is 13. The van der Waals surface area contributed by atoms with Crippen molar-refractivity contribution in [2.24, 2.45) is 0 Å². The first kappa shape index (κ1) is 45.0. The first-order valence-corrected chi connectivity index (χ1v) is 30.5. The van der Waals surface area contributed by atoms with Crippen LogP contribution in [-0.2, 0) is 0 Å². The molecule has 0 fully saturated rings. The standard InChI is InChI=1S/C80H51B3N2O5/c1-7-23-49(24-8-1)76(50-25-9-2-10-26-50)53-39-65-78-71(40-53)86-66-37-21-19-35-58(66)81(78)60-45-61-68(47-64(60)84-65)88-74-43-57(85(55-31-15-5-16-32-55)56-33-17-6-18-34-56)44-75-80(74)83(61)63-46-62-69(48-70(63)90-75)89-73-42-54(41-72-79(73)82(62)59-36-20-22-38-67(59)87-72)77(51-27-11-3-12-28-51)52-29-13-4-14-30-52/h1-48,76-77,84H/i39D,40D,41D,42D,43D,44D. The fourth-order valence-corrected chi connectivity index (χ4v) is 14.7. The van der Waals surface area contributed by atoms with Gasteiger partial charge in [-0.1, -0.05) is 206 Å². The third kappa shape index (κ3) is 7.97. The van der Waals surface area contributed by atoms with Crippen molar-refractivity contribution in [1.82, 2.24) is 0 Å². The van der Waals surface area contributed by atoms with E-state index in [9.17, 15) is 8.22 Å². The highest BCUT2D eigenvalue weighted by atomic mass is 16.5. The summed E-state index contributed by atoms with van der Waals surface area (Å²) in [5.41, 5.74) is 14.1. The van der Waals surface area contributed by atoms with E-state index in [2.05, 4.69) is 23.5 Å². The Bertz CT molecular complexity index is 5030. The Morgan fingerprint density at radius 2 is 0.611 bits per heavy atom. The Morgan fingerprint density at radius 1 is 0.267 bits per heavy atom. The van der Waals surface area contributed by atoms with Gasteiger partial charge in [0.2, 0.25) is 0 Å². The van der Waals surface area contributed by atoms with Crippen LogP contribution >= 0.6 is 0 Å². The van der Waals surface area contributed by atoms with Gasteiger partial charge in [-0.25, -0.2) is 0 Å². The molecule has 19 rings (SSSR count). The zero-order chi connectivity index (χ0) is 64.2. The van der Waals surface area contributed by atoms with Crippen LogP contribution in [0.25, 0.3) is 0 Å². The van der Waals surface area contributed by atoms with E-state index >= 15 is 0 Å². The van der Waals surface area contributed by atoms with Gasteiger partial charge in [0.1, 0.15) is 57.5 Å². The minimum atomic E-state index is -0.731. The van der Waals surface area contributed by atoms with Gasteiger partial charge in [0.05, 0.1) is 13.9 Å². The molecule has 0 spiro atoms. The lowest BCUT2D eigenvalue weighted by molar-refractivity contribution is 0.451. The van der Waals surface area contributed by atoms with Gasteiger partial charge in [0.15, 0.2) is 0 Å². The molecule has 0 aromatic heterocycles. The fraction of sp³-hybridized carbons (Fsp3) is 0.0250. The number of rotatable bonds is 9. The first-order valence-electron chi connectivity index (χ1n) is 33.5. The largest absolute Gasteiger partial charge is 0.458 e. The van der Waals surface area contributed by atoms with Gasteiger partial charge < -0.3 is 33.9 Å². The van der Waals surface area contributed by atoms with Crippen LogP contribution in [0.4, 0.5) is 28.4 Å². The molecular weight excluding hydrogens is 1100 g/mol. The number of nitrogens with one attached hydrogen (secondary N) is 1. The lowest BCUT2D eigenvalue weighted by atomic mass is 9.30. The van der Waals surface area contributed by atoms with Crippen molar-refractivity contribution in [1.29, 1.82) is 0 Å². The van der Waals surface area contributed by atoms with Crippen molar-refractivity contribution >= 4 is 97.7 Å². The van der Waals surface area contributed by atoms with Crippen molar-refractivity contribution in [3.8, 4) is 57.5 Å². The second-order valence-corrected chi connectivity index (χ2v) is 23.6. The normalized spacial score (nSPS) is 14.3. The minimum absolute atomic E-state index is 0.0219. The molecule has 13 aromatic rings. The number of anilines is 5. The van der Waals surface area contributed by atoms with Crippen LogP contribution < -0.4 is 83.1 Å². The molecule has 13 aromatic carbocycles. The highest BCUT2D eigenvalue weighted by Gasteiger charge is 2.48. The van der Waals surface area contributed by atoms with Crippen LogP contribution in [0, 0.1) is 0 Å². The average molecular weight is 1160 g/mol. The van der Waals surface area contributed by atoms with Crippen LogP contribution in [0.15, 0.2) is 291 Å². The lowest BCUT2D eigenvalue weighted by Gasteiger charge is -2.39. The lowest BCUT2D eigenvalue weighted by Crippen LogP contribution is -2.63. The maximum atomic E-state index is 10.5. The Kier molecular flexibility index (Phi) is 10.1. The SMILES string of the molecule is [2H]c1c2c3c(c([2H])c1C(c1ccccc1)c1ccccc1)Oc1ccccc1B3c1cc3c(cc1N2)Oc1c([2H])c(N(c2ccccc2)c2ccccc2)c([2H])c2c1B3c1cc3c(cc1O2)Oc1c([2H])c(C(c2ccccc2)c2ccccc2)c([2H])c2c1B3c1ccccc1O2. The summed E-state index contributed by atoms with van der Waals surface area (Å²) in [6.45, 7) is -1.84. The monoisotopic (exact) mass is 1160 g/mol. The summed E-state index contributed by atoms with van der Waals surface area (Å²) in [7, 11) is 0. The van der Waals surface area contributed by atoms with Crippen molar-refractivity contribution in [3.63, 3.8) is 0 Å². The van der Waals surface area contributed by atoms with Gasteiger partial charge in [-0.3, -0.25) is 0 Å². The summed E-state index contributed by atoms with van der Waals surface area (Å²) >= 11 is 0. The Balaban J connectivity index is 0.849.